The van der Waals surface area contributed by atoms with Crippen molar-refractivity contribution in [3.8, 4) is 0 Å². The van der Waals surface area contributed by atoms with Gasteiger partial charge in [-0.1, -0.05) is 12.1 Å². The summed E-state index contributed by atoms with van der Waals surface area (Å²) in [4.78, 5) is 14.3. The summed E-state index contributed by atoms with van der Waals surface area (Å²) < 4.78 is 23.5. The molecule has 1 aromatic rings. The maximum Gasteiger partial charge on any atom is 0.494 e. The first-order valence-corrected chi connectivity index (χ1v) is 9.46. The molecule has 2 aliphatic rings. The van der Waals surface area contributed by atoms with Crippen molar-refractivity contribution in [2.24, 2.45) is 0 Å². The Morgan fingerprint density at radius 1 is 1.15 bits per heavy atom. The maximum atomic E-state index is 12.6. The van der Waals surface area contributed by atoms with E-state index >= 15 is 0 Å². The molecule has 1 amide bonds. The summed E-state index contributed by atoms with van der Waals surface area (Å²) in [5.74, 6) is 0. The van der Waals surface area contributed by atoms with E-state index in [0.29, 0.717) is 19.8 Å². The summed E-state index contributed by atoms with van der Waals surface area (Å²) in [5, 5.41) is 0. The van der Waals surface area contributed by atoms with E-state index in [2.05, 4.69) is 0 Å². The fourth-order valence-corrected chi connectivity index (χ4v) is 3.08. The lowest BCUT2D eigenvalue weighted by atomic mass is 9.78. The minimum absolute atomic E-state index is 0.363. The van der Waals surface area contributed by atoms with Crippen LogP contribution in [0, 0.1) is 0 Å². The van der Waals surface area contributed by atoms with E-state index < -0.39 is 23.9 Å². The standard InChI is InChI=1S/C20H30BNO5/c1-18(2,3)25-17(23)22-10-11-24-13-14-12-15(8-9-16(14)22)21-26-19(4,5)20(6,7)27-21/h8-9,12H,10-11,13H2,1-7H3. The summed E-state index contributed by atoms with van der Waals surface area (Å²) in [6, 6.07) is 5.87. The third-order valence-corrected chi connectivity index (χ3v) is 5.25. The first-order valence-electron chi connectivity index (χ1n) is 9.46. The Kier molecular flexibility index (Phi) is 5.08. The Hall–Kier alpha value is -1.57. The first kappa shape index (κ1) is 20.2. The van der Waals surface area contributed by atoms with Gasteiger partial charge in [-0.05, 0) is 60.0 Å². The molecule has 0 bridgehead atoms. The van der Waals surface area contributed by atoms with Crippen LogP contribution in [0.25, 0.3) is 0 Å². The molecule has 27 heavy (non-hydrogen) atoms. The molecule has 7 heteroatoms. The highest BCUT2D eigenvalue weighted by Crippen LogP contribution is 2.37. The Morgan fingerprint density at radius 3 is 2.37 bits per heavy atom. The third-order valence-electron chi connectivity index (χ3n) is 5.25. The average Bonchev–Trinajstić information content (AvgIpc) is 2.68. The lowest BCUT2D eigenvalue weighted by Gasteiger charge is -2.32. The molecule has 0 spiro atoms. The number of hydrogen-bond acceptors (Lipinski definition) is 5. The van der Waals surface area contributed by atoms with Gasteiger partial charge in [0.1, 0.15) is 5.60 Å². The molecule has 0 aliphatic carbocycles. The van der Waals surface area contributed by atoms with Crippen molar-refractivity contribution in [3.05, 3.63) is 23.8 Å². The molecule has 0 atom stereocenters. The molecule has 0 radical (unpaired) electrons. The van der Waals surface area contributed by atoms with Gasteiger partial charge < -0.3 is 18.8 Å². The normalized spacial score (nSPS) is 21.6. The van der Waals surface area contributed by atoms with Crippen molar-refractivity contribution in [2.45, 2.75) is 71.9 Å². The molecule has 148 valence electrons. The number of carbonyl (C=O) groups excluding carboxylic acids is 1. The molecule has 2 aliphatic heterocycles. The van der Waals surface area contributed by atoms with Gasteiger partial charge >= 0.3 is 13.2 Å². The van der Waals surface area contributed by atoms with E-state index in [0.717, 1.165) is 16.7 Å². The van der Waals surface area contributed by atoms with Crippen molar-refractivity contribution >= 4 is 24.4 Å². The number of nitrogens with zero attached hydrogens (tertiary/aromatic N) is 1. The summed E-state index contributed by atoms with van der Waals surface area (Å²) in [6.45, 7) is 15.1. The number of rotatable bonds is 1. The molecule has 0 aromatic heterocycles. The molecule has 6 nitrogen and oxygen atoms in total. The zero-order valence-corrected chi connectivity index (χ0v) is 17.4. The predicted molar refractivity (Wildman–Crippen MR) is 105 cm³/mol. The quantitative estimate of drug-likeness (QED) is 0.706. The second-order valence-corrected chi connectivity index (χ2v) is 9.16. The lowest BCUT2D eigenvalue weighted by Crippen LogP contribution is -2.41. The molecule has 0 N–H and O–H groups in total. The second kappa shape index (κ2) is 6.80. The first-order chi connectivity index (χ1) is 12.4. The zero-order chi connectivity index (χ0) is 20.0. The summed E-state index contributed by atoms with van der Waals surface area (Å²) >= 11 is 0. The smallest absolute Gasteiger partial charge is 0.443 e. The minimum atomic E-state index is -0.549. The van der Waals surface area contributed by atoms with Crippen LogP contribution >= 0.6 is 0 Å². The van der Waals surface area contributed by atoms with Crippen LogP contribution in [0.15, 0.2) is 18.2 Å². The number of benzene rings is 1. The third kappa shape index (κ3) is 4.15. The van der Waals surface area contributed by atoms with Crippen LogP contribution in [0.4, 0.5) is 10.5 Å². The number of hydrogen-bond donors (Lipinski definition) is 0. The molecule has 3 rings (SSSR count). The fourth-order valence-electron chi connectivity index (χ4n) is 3.08. The van der Waals surface area contributed by atoms with Gasteiger partial charge in [0, 0.05) is 5.56 Å². The van der Waals surface area contributed by atoms with E-state index in [1.807, 2.05) is 66.7 Å². The van der Waals surface area contributed by atoms with E-state index in [1.165, 1.54) is 0 Å². The largest absolute Gasteiger partial charge is 0.494 e. The van der Waals surface area contributed by atoms with Gasteiger partial charge in [0.15, 0.2) is 0 Å². The molecular weight excluding hydrogens is 345 g/mol. The second-order valence-electron chi connectivity index (χ2n) is 9.16. The Balaban J connectivity index is 1.88. The lowest BCUT2D eigenvalue weighted by molar-refractivity contribution is 0.00578. The van der Waals surface area contributed by atoms with Gasteiger partial charge in [0.25, 0.3) is 0 Å². The van der Waals surface area contributed by atoms with Gasteiger partial charge in [0.2, 0.25) is 0 Å². The highest BCUT2D eigenvalue weighted by molar-refractivity contribution is 6.62. The minimum Gasteiger partial charge on any atom is -0.443 e. The molecule has 1 saturated heterocycles. The Bertz CT molecular complexity index is 710. The van der Waals surface area contributed by atoms with Crippen LogP contribution in [-0.2, 0) is 25.4 Å². The van der Waals surface area contributed by atoms with Crippen molar-refractivity contribution in [1.29, 1.82) is 0 Å². The average molecular weight is 375 g/mol. The monoisotopic (exact) mass is 375 g/mol. The van der Waals surface area contributed by atoms with Gasteiger partial charge in [-0.25, -0.2) is 4.79 Å². The topological polar surface area (TPSA) is 57.2 Å². The van der Waals surface area contributed by atoms with E-state index in [9.17, 15) is 4.79 Å². The van der Waals surface area contributed by atoms with Gasteiger partial charge in [0.05, 0.1) is 36.6 Å². The summed E-state index contributed by atoms with van der Waals surface area (Å²) in [6.07, 6.45) is -0.363. The van der Waals surface area contributed by atoms with Crippen LogP contribution in [0.1, 0.15) is 54.0 Å². The van der Waals surface area contributed by atoms with Crippen LogP contribution < -0.4 is 10.4 Å². The Labute approximate surface area is 162 Å². The number of amides is 1. The fraction of sp³-hybridized carbons (Fsp3) is 0.650. The van der Waals surface area contributed by atoms with Crippen LogP contribution in [0.3, 0.4) is 0 Å². The maximum absolute atomic E-state index is 12.6. The van der Waals surface area contributed by atoms with Gasteiger partial charge in [-0.2, -0.15) is 0 Å². The number of fused-ring (bicyclic) bond motifs is 1. The number of ether oxygens (including phenoxy) is 2. The number of carbonyl (C=O) groups is 1. The Morgan fingerprint density at radius 2 is 1.78 bits per heavy atom. The van der Waals surface area contributed by atoms with E-state index in [4.69, 9.17) is 18.8 Å². The van der Waals surface area contributed by atoms with Gasteiger partial charge in [-0.3, -0.25) is 4.90 Å². The molecule has 2 heterocycles. The van der Waals surface area contributed by atoms with Crippen molar-refractivity contribution in [2.75, 3.05) is 18.1 Å². The molecule has 0 unspecified atom stereocenters. The zero-order valence-electron chi connectivity index (χ0n) is 17.4. The molecular formula is C20H30BNO5. The highest BCUT2D eigenvalue weighted by Gasteiger charge is 2.51. The van der Waals surface area contributed by atoms with Crippen molar-refractivity contribution in [3.63, 3.8) is 0 Å². The molecule has 1 fully saturated rings. The number of anilines is 1. The predicted octanol–water partition coefficient (Wildman–Crippen LogP) is 3.26. The van der Waals surface area contributed by atoms with Crippen molar-refractivity contribution in [1.82, 2.24) is 0 Å². The molecule has 0 saturated carbocycles. The SMILES string of the molecule is CC(C)(C)OC(=O)N1CCOCc2cc(B3OC(C)(C)C(C)(C)O3)ccc21. The van der Waals surface area contributed by atoms with Crippen LogP contribution in [-0.4, -0.2) is 43.2 Å². The van der Waals surface area contributed by atoms with Gasteiger partial charge in [-0.15, -0.1) is 0 Å². The summed E-state index contributed by atoms with van der Waals surface area (Å²) in [5.41, 5.74) is 1.30. The summed E-state index contributed by atoms with van der Waals surface area (Å²) in [7, 11) is -0.446. The van der Waals surface area contributed by atoms with Crippen molar-refractivity contribution < 1.29 is 23.6 Å². The van der Waals surface area contributed by atoms with E-state index in [-0.39, 0.29) is 6.09 Å². The van der Waals surface area contributed by atoms with Crippen LogP contribution in [0.2, 0.25) is 0 Å². The molecule has 1 aromatic carbocycles. The highest BCUT2D eigenvalue weighted by atomic mass is 16.7. The van der Waals surface area contributed by atoms with Crippen LogP contribution in [0.5, 0.6) is 0 Å². The van der Waals surface area contributed by atoms with E-state index in [1.54, 1.807) is 4.90 Å².